The quantitative estimate of drug-likeness (QED) is 0.261. The Morgan fingerprint density at radius 1 is 1.21 bits per heavy atom. The molecule has 2 N–H and O–H groups in total. The van der Waals surface area contributed by atoms with Crippen LogP contribution in [0.1, 0.15) is 72.6 Å². The van der Waals surface area contributed by atoms with E-state index in [1.165, 1.54) is 20.2 Å². The van der Waals surface area contributed by atoms with Gasteiger partial charge in [-0.2, -0.15) is 0 Å². The number of aliphatic hydroxyl groups is 1. The first-order valence-corrected chi connectivity index (χ1v) is 13.6. The molecule has 2 fully saturated rings. The van der Waals surface area contributed by atoms with E-state index in [0.29, 0.717) is 30.5 Å². The Hall–Kier alpha value is -2.94. The molecule has 0 aromatic rings. The molecule has 0 aromatic carbocycles. The van der Waals surface area contributed by atoms with Crippen molar-refractivity contribution in [2.75, 3.05) is 20.3 Å². The van der Waals surface area contributed by atoms with Crippen LogP contribution in [0, 0.1) is 16.7 Å². The number of hydrogen-bond donors (Lipinski definition) is 2. The third kappa shape index (κ3) is 4.38. The molecular formula is C29H39NO8. The first kappa shape index (κ1) is 28.1. The largest absolute Gasteiger partial charge is 0.504 e. The van der Waals surface area contributed by atoms with Crippen LogP contribution in [0.15, 0.2) is 34.3 Å². The van der Waals surface area contributed by atoms with Crippen molar-refractivity contribution in [1.82, 2.24) is 5.32 Å². The standard InChI is InChI=1S/C29H39NO8/c1-6-7-8-9-12-30-14-17-23-26(34)25(33)22-18-10-11-20(32)28(18,3)13-19(37-16(2)31)24(22)29(23,4)21(15-36-5)38-27(17)35/h14,18-19,21,30,34H,6-13,15H2,1-5H3/b17-14-/t18-,19+,21+,28-,29-/m0/s1. The molecule has 4 rings (SSSR count). The number of ketones is 2. The van der Waals surface area contributed by atoms with Crippen molar-refractivity contribution < 1.29 is 38.5 Å². The van der Waals surface area contributed by atoms with Gasteiger partial charge in [-0.25, -0.2) is 4.79 Å². The fourth-order valence-electron chi connectivity index (χ4n) is 6.92. The summed E-state index contributed by atoms with van der Waals surface area (Å²) in [5, 5.41) is 14.6. The summed E-state index contributed by atoms with van der Waals surface area (Å²) >= 11 is 0. The van der Waals surface area contributed by atoms with Crippen molar-refractivity contribution in [1.29, 1.82) is 0 Å². The number of Topliss-reactive ketones (excluding diaryl/α,β-unsaturated/α-hetero) is 2. The van der Waals surface area contributed by atoms with Crippen molar-refractivity contribution in [3.05, 3.63) is 34.3 Å². The Morgan fingerprint density at radius 3 is 2.61 bits per heavy atom. The number of fused-ring (bicyclic) bond motifs is 4. The van der Waals surface area contributed by atoms with Crippen LogP contribution in [0.25, 0.3) is 0 Å². The summed E-state index contributed by atoms with van der Waals surface area (Å²) < 4.78 is 17.1. The number of rotatable bonds is 9. The van der Waals surface area contributed by atoms with Crippen LogP contribution in [-0.4, -0.2) is 61.1 Å². The molecule has 0 amide bonds. The highest BCUT2D eigenvalue weighted by molar-refractivity contribution is 6.14. The molecule has 208 valence electrons. The molecule has 0 aromatic heterocycles. The molecule has 1 saturated carbocycles. The molecule has 4 aliphatic rings. The Kier molecular flexibility index (Phi) is 7.89. The maximum absolute atomic E-state index is 13.9. The number of esters is 2. The van der Waals surface area contributed by atoms with Gasteiger partial charge in [0.15, 0.2) is 5.76 Å². The molecular weight excluding hydrogens is 490 g/mol. The average Bonchev–Trinajstić information content (AvgIpc) is 3.15. The van der Waals surface area contributed by atoms with E-state index < -0.39 is 52.4 Å². The van der Waals surface area contributed by atoms with Gasteiger partial charge < -0.3 is 24.6 Å². The zero-order chi connectivity index (χ0) is 27.8. The minimum Gasteiger partial charge on any atom is -0.504 e. The Morgan fingerprint density at radius 2 is 1.95 bits per heavy atom. The second-order valence-electron chi connectivity index (χ2n) is 11.2. The number of hydrogen-bond acceptors (Lipinski definition) is 9. The van der Waals surface area contributed by atoms with Gasteiger partial charge in [0.25, 0.3) is 0 Å². The summed E-state index contributed by atoms with van der Waals surface area (Å²) in [4.78, 5) is 52.3. The first-order valence-electron chi connectivity index (χ1n) is 13.6. The lowest BCUT2D eigenvalue weighted by Crippen LogP contribution is -2.57. The second kappa shape index (κ2) is 10.7. The molecule has 9 heteroatoms. The van der Waals surface area contributed by atoms with Crippen LogP contribution in [0.4, 0.5) is 0 Å². The molecule has 0 bridgehead atoms. The maximum atomic E-state index is 13.9. The molecule has 0 unspecified atom stereocenters. The van der Waals surface area contributed by atoms with Crippen LogP contribution >= 0.6 is 0 Å². The molecule has 1 saturated heterocycles. The molecule has 9 nitrogen and oxygen atoms in total. The fourth-order valence-corrected chi connectivity index (χ4v) is 6.92. The van der Waals surface area contributed by atoms with Crippen molar-refractivity contribution in [2.24, 2.45) is 16.7 Å². The van der Waals surface area contributed by atoms with E-state index in [0.717, 1.165) is 25.7 Å². The lowest BCUT2D eigenvalue weighted by molar-refractivity contribution is -0.160. The predicted octanol–water partition coefficient (Wildman–Crippen LogP) is 3.63. The number of aliphatic hydroxyl groups excluding tert-OH is 1. The third-order valence-corrected chi connectivity index (χ3v) is 8.84. The lowest BCUT2D eigenvalue weighted by Gasteiger charge is -2.53. The minimum absolute atomic E-state index is 0.00459. The number of nitrogens with one attached hydrogen (secondary N) is 1. The normalized spacial score (nSPS) is 33.7. The number of unbranched alkanes of at least 4 members (excludes halogenated alkanes) is 3. The number of cyclic esters (lactones) is 1. The molecule has 5 atom stereocenters. The number of carbonyl (C=O) groups excluding carboxylic acids is 4. The zero-order valence-electron chi connectivity index (χ0n) is 23.0. The predicted molar refractivity (Wildman–Crippen MR) is 138 cm³/mol. The average molecular weight is 530 g/mol. The van der Waals surface area contributed by atoms with Crippen LogP contribution in [-0.2, 0) is 33.4 Å². The Bertz CT molecular complexity index is 1130. The summed E-state index contributed by atoms with van der Waals surface area (Å²) in [6, 6.07) is 0. The lowest BCUT2D eigenvalue weighted by atomic mass is 9.53. The van der Waals surface area contributed by atoms with Gasteiger partial charge in [-0.15, -0.1) is 0 Å². The molecule has 0 spiro atoms. The highest BCUT2D eigenvalue weighted by Gasteiger charge is 2.64. The van der Waals surface area contributed by atoms with Crippen LogP contribution in [0.3, 0.4) is 0 Å². The van der Waals surface area contributed by atoms with E-state index in [1.54, 1.807) is 13.8 Å². The van der Waals surface area contributed by atoms with Gasteiger partial charge >= 0.3 is 11.9 Å². The van der Waals surface area contributed by atoms with E-state index in [2.05, 4.69) is 12.2 Å². The Labute approximate surface area is 223 Å². The van der Waals surface area contributed by atoms with Crippen molar-refractivity contribution in [2.45, 2.75) is 84.8 Å². The van der Waals surface area contributed by atoms with E-state index in [-0.39, 0.29) is 30.0 Å². The topological polar surface area (TPSA) is 128 Å². The second-order valence-corrected chi connectivity index (χ2v) is 11.2. The minimum atomic E-state index is -1.22. The van der Waals surface area contributed by atoms with Gasteiger partial charge in [-0.1, -0.05) is 33.1 Å². The monoisotopic (exact) mass is 529 g/mol. The zero-order valence-corrected chi connectivity index (χ0v) is 23.0. The van der Waals surface area contributed by atoms with Crippen LogP contribution in [0.5, 0.6) is 0 Å². The molecule has 1 aliphatic heterocycles. The summed E-state index contributed by atoms with van der Waals surface area (Å²) in [5.41, 5.74) is -1.13. The molecule has 0 radical (unpaired) electrons. The first-order chi connectivity index (χ1) is 18.0. The van der Waals surface area contributed by atoms with Gasteiger partial charge in [0.2, 0.25) is 5.78 Å². The number of methoxy groups -OCH3 is 1. The SMILES string of the molecule is CCCCCCN/C=C1\C(=O)O[C@H](COC)[C@@]2(C)C1=C(O)C(=O)C1=C2[C@H](OC(C)=O)C[C@]2(C)C(=O)CC[C@@H]12. The molecule has 1 heterocycles. The van der Waals surface area contributed by atoms with Gasteiger partial charge in [0.1, 0.15) is 18.0 Å². The van der Waals surface area contributed by atoms with E-state index in [9.17, 15) is 24.3 Å². The molecule has 38 heavy (non-hydrogen) atoms. The highest BCUT2D eigenvalue weighted by atomic mass is 16.6. The summed E-state index contributed by atoms with van der Waals surface area (Å²) in [6.45, 7) is 7.62. The van der Waals surface area contributed by atoms with Gasteiger partial charge in [-0.05, 0) is 25.3 Å². The third-order valence-electron chi connectivity index (χ3n) is 8.84. The van der Waals surface area contributed by atoms with Crippen molar-refractivity contribution in [3.8, 4) is 0 Å². The smallest absolute Gasteiger partial charge is 0.340 e. The number of ether oxygens (including phenoxy) is 3. The van der Waals surface area contributed by atoms with Crippen molar-refractivity contribution >= 4 is 23.5 Å². The summed E-state index contributed by atoms with van der Waals surface area (Å²) in [7, 11) is 1.48. The number of allylic oxidation sites excluding steroid dienone is 1. The maximum Gasteiger partial charge on any atom is 0.340 e. The van der Waals surface area contributed by atoms with Gasteiger partial charge in [0.05, 0.1) is 17.6 Å². The fraction of sp³-hybridized carbons (Fsp3) is 0.655. The molecule has 3 aliphatic carbocycles. The van der Waals surface area contributed by atoms with Crippen LogP contribution < -0.4 is 5.32 Å². The van der Waals surface area contributed by atoms with Gasteiger partial charge in [-0.3, -0.25) is 14.4 Å². The van der Waals surface area contributed by atoms with Gasteiger partial charge in [0, 0.05) is 62.1 Å². The van der Waals surface area contributed by atoms with E-state index in [1.807, 2.05) is 0 Å². The summed E-state index contributed by atoms with van der Waals surface area (Å²) in [5.74, 6) is -2.82. The highest BCUT2D eigenvalue weighted by Crippen LogP contribution is 2.62. The number of carbonyl (C=O) groups is 4. The summed E-state index contributed by atoms with van der Waals surface area (Å²) in [6.07, 6.45) is 4.84. The van der Waals surface area contributed by atoms with Crippen LogP contribution in [0.2, 0.25) is 0 Å². The van der Waals surface area contributed by atoms with Crippen molar-refractivity contribution in [3.63, 3.8) is 0 Å². The Balaban J connectivity index is 1.87. The van der Waals surface area contributed by atoms with E-state index >= 15 is 0 Å². The van der Waals surface area contributed by atoms with E-state index in [4.69, 9.17) is 14.2 Å².